The van der Waals surface area contributed by atoms with Crippen molar-refractivity contribution in [1.29, 1.82) is 0 Å². The predicted octanol–water partition coefficient (Wildman–Crippen LogP) is 0.110. The fraction of sp³-hybridized carbons (Fsp3) is 1.00. The van der Waals surface area contributed by atoms with Gasteiger partial charge in [0.05, 0.1) is 0 Å². The van der Waals surface area contributed by atoms with Crippen LogP contribution in [0.3, 0.4) is 0 Å². The van der Waals surface area contributed by atoms with E-state index in [9.17, 15) is 14.2 Å². The lowest BCUT2D eigenvalue weighted by molar-refractivity contribution is 0.112. The Labute approximate surface area is 106 Å². The Kier molecular flexibility index (Phi) is 6.67. The highest BCUT2D eigenvalue weighted by Crippen LogP contribution is 2.68. The van der Waals surface area contributed by atoms with Crippen molar-refractivity contribution in [2.45, 2.75) is 31.3 Å². The molecular weight excluding hydrogens is 284 g/mol. The summed E-state index contributed by atoms with van der Waals surface area (Å²) in [6, 6.07) is 0. The van der Waals surface area contributed by atoms with Gasteiger partial charge in [-0.1, -0.05) is 13.3 Å². The minimum absolute atomic E-state index is 0.0211. The van der Waals surface area contributed by atoms with E-state index in [1.807, 2.05) is 6.92 Å². The Morgan fingerprint density at radius 3 is 1.83 bits per heavy atom. The van der Waals surface area contributed by atoms with Crippen LogP contribution in [0.2, 0.25) is 0 Å². The van der Waals surface area contributed by atoms with Crippen molar-refractivity contribution in [2.24, 2.45) is 0 Å². The van der Waals surface area contributed by atoms with Crippen LogP contribution < -0.4 is 0 Å². The van der Waals surface area contributed by atoms with E-state index in [-0.39, 0.29) is 6.54 Å². The van der Waals surface area contributed by atoms with E-state index in [1.54, 1.807) is 11.9 Å². The molecule has 10 heteroatoms. The molecular formula is C8H21NO7P2. The second-order valence-corrected chi connectivity index (χ2v) is 8.28. The summed E-state index contributed by atoms with van der Waals surface area (Å²) in [5, 5.41) is 6.30. The first-order valence-corrected chi connectivity index (χ1v) is 8.70. The summed E-state index contributed by atoms with van der Waals surface area (Å²) in [5.41, 5.74) is 0. The third kappa shape index (κ3) is 4.72. The average Bonchev–Trinajstić information content (AvgIpc) is 2.19. The lowest BCUT2D eigenvalue weighted by Crippen LogP contribution is -2.34. The molecule has 0 saturated heterocycles. The monoisotopic (exact) mass is 305 g/mol. The molecule has 0 aliphatic heterocycles. The van der Waals surface area contributed by atoms with Gasteiger partial charge in [0.25, 0.3) is 5.08 Å². The normalized spacial score (nSPS) is 14.2. The summed E-state index contributed by atoms with van der Waals surface area (Å²) >= 11 is 0. The number of rotatable bonds is 8. The van der Waals surface area contributed by atoms with Crippen molar-refractivity contribution >= 4 is 15.2 Å². The molecule has 0 spiro atoms. The van der Waals surface area contributed by atoms with Gasteiger partial charge in [-0.15, -0.1) is 0 Å². The molecule has 0 radical (unpaired) electrons. The average molecular weight is 305 g/mol. The van der Waals surface area contributed by atoms with Gasteiger partial charge in [0.15, 0.2) is 0 Å². The van der Waals surface area contributed by atoms with E-state index in [2.05, 4.69) is 0 Å². The summed E-state index contributed by atoms with van der Waals surface area (Å²) in [4.78, 5) is 37.3. The maximum absolute atomic E-state index is 11.1. The van der Waals surface area contributed by atoms with Gasteiger partial charge in [-0.3, -0.25) is 9.13 Å². The van der Waals surface area contributed by atoms with E-state index in [4.69, 9.17) is 19.6 Å². The van der Waals surface area contributed by atoms with Crippen molar-refractivity contribution in [3.8, 4) is 0 Å². The second kappa shape index (κ2) is 6.59. The molecule has 0 atom stereocenters. The van der Waals surface area contributed by atoms with Crippen LogP contribution in [0.1, 0.15) is 26.2 Å². The third-order valence-corrected chi connectivity index (χ3v) is 6.53. The number of aliphatic hydroxyl groups is 1. The lowest BCUT2D eigenvalue weighted by Gasteiger charge is -2.30. The van der Waals surface area contributed by atoms with E-state index in [1.165, 1.54) is 0 Å². The molecule has 0 fully saturated rings. The van der Waals surface area contributed by atoms with Crippen LogP contribution in [0.5, 0.6) is 0 Å². The fourth-order valence-corrected chi connectivity index (χ4v) is 3.48. The van der Waals surface area contributed by atoms with Crippen molar-refractivity contribution in [1.82, 2.24) is 4.90 Å². The Morgan fingerprint density at radius 2 is 1.50 bits per heavy atom. The molecule has 0 unspecified atom stereocenters. The molecule has 0 aromatic carbocycles. The number of unbranched alkanes of at least 4 members (excludes halogenated alkanes) is 1. The fourth-order valence-electron chi connectivity index (χ4n) is 1.34. The summed E-state index contributed by atoms with van der Waals surface area (Å²) in [5.74, 6) is 0. The third-order valence-electron chi connectivity index (χ3n) is 2.66. The zero-order chi connectivity index (χ0) is 14.6. The Hall–Kier alpha value is 0.220. The van der Waals surface area contributed by atoms with Crippen LogP contribution in [0, 0.1) is 0 Å². The number of hydrogen-bond acceptors (Lipinski definition) is 4. The number of hydrogen-bond donors (Lipinski definition) is 5. The van der Waals surface area contributed by atoms with Crippen LogP contribution in [0.25, 0.3) is 0 Å². The summed E-state index contributed by atoms with van der Waals surface area (Å²) in [7, 11) is -9.00. The van der Waals surface area contributed by atoms with Crippen LogP contribution in [0.15, 0.2) is 0 Å². The zero-order valence-corrected chi connectivity index (χ0v) is 12.2. The van der Waals surface area contributed by atoms with Gasteiger partial charge in [0.2, 0.25) is 0 Å². The highest BCUT2D eigenvalue weighted by Gasteiger charge is 2.58. The topological polar surface area (TPSA) is 139 Å². The molecule has 110 valence electrons. The van der Waals surface area contributed by atoms with E-state index in [0.29, 0.717) is 6.54 Å². The molecule has 5 N–H and O–H groups in total. The lowest BCUT2D eigenvalue weighted by atomic mass is 10.3. The summed E-state index contributed by atoms with van der Waals surface area (Å²) in [6.45, 7) is 2.57. The molecule has 0 bridgehead atoms. The maximum atomic E-state index is 11.1. The molecule has 0 aliphatic rings. The van der Waals surface area contributed by atoms with Crippen LogP contribution >= 0.6 is 15.2 Å². The first kappa shape index (κ1) is 18.2. The van der Waals surface area contributed by atoms with Gasteiger partial charge in [0.1, 0.15) is 0 Å². The molecule has 0 rings (SSSR count). The zero-order valence-electron chi connectivity index (χ0n) is 10.4. The van der Waals surface area contributed by atoms with Gasteiger partial charge in [0, 0.05) is 13.0 Å². The van der Waals surface area contributed by atoms with Gasteiger partial charge >= 0.3 is 15.2 Å². The first-order valence-electron chi connectivity index (χ1n) is 5.48. The molecule has 0 aromatic heterocycles. The maximum Gasteiger partial charge on any atom is 0.369 e. The predicted molar refractivity (Wildman–Crippen MR) is 66.1 cm³/mol. The number of nitrogens with zero attached hydrogens (tertiary/aromatic N) is 1. The van der Waals surface area contributed by atoms with Gasteiger partial charge < -0.3 is 29.6 Å². The van der Waals surface area contributed by atoms with E-state index >= 15 is 0 Å². The van der Waals surface area contributed by atoms with Crippen molar-refractivity contribution < 1.29 is 33.8 Å². The van der Waals surface area contributed by atoms with Crippen LogP contribution in [0.4, 0.5) is 0 Å². The smallest absolute Gasteiger partial charge is 0.367 e. The quantitative estimate of drug-likeness (QED) is 0.398. The molecule has 0 amide bonds. The molecule has 0 heterocycles. The molecule has 8 nitrogen and oxygen atoms in total. The Balaban J connectivity index is 4.76. The highest BCUT2D eigenvalue weighted by atomic mass is 31.2. The summed E-state index contributed by atoms with van der Waals surface area (Å²) < 4.78 is 22.1. The molecule has 0 aliphatic carbocycles. The van der Waals surface area contributed by atoms with Gasteiger partial charge in [-0.05, 0) is 20.0 Å². The highest BCUT2D eigenvalue weighted by molar-refractivity contribution is 7.72. The van der Waals surface area contributed by atoms with Crippen molar-refractivity contribution in [2.75, 3.05) is 20.1 Å². The second-order valence-electron chi connectivity index (χ2n) is 4.27. The largest absolute Gasteiger partial charge is 0.369 e. The minimum Gasteiger partial charge on any atom is -0.367 e. The molecule has 18 heavy (non-hydrogen) atoms. The van der Waals surface area contributed by atoms with Crippen molar-refractivity contribution in [3.63, 3.8) is 0 Å². The minimum atomic E-state index is -5.33. The molecule has 0 aromatic rings. The summed E-state index contributed by atoms with van der Waals surface area (Å²) in [6.07, 6.45) is 1.08. The Bertz CT molecular complexity index is 327. The Morgan fingerprint density at radius 1 is 1.06 bits per heavy atom. The van der Waals surface area contributed by atoms with E-state index < -0.39 is 26.7 Å². The standard InChI is InChI=1S/C8H21NO7P2/c1-3-4-6-9(2)7-5-8(10,17(11,12)13)18(14,15)16/h10H,3-7H2,1-2H3,(H2,11,12,13)(H2,14,15,16). The van der Waals surface area contributed by atoms with Crippen LogP contribution in [-0.2, 0) is 9.13 Å². The van der Waals surface area contributed by atoms with Crippen LogP contribution in [-0.4, -0.2) is 54.8 Å². The first-order chi connectivity index (χ1) is 7.95. The van der Waals surface area contributed by atoms with Crippen molar-refractivity contribution in [3.05, 3.63) is 0 Å². The SMILES string of the molecule is CCCCN(C)CCC(O)(P(=O)(O)O)P(=O)(O)O. The van der Waals surface area contributed by atoms with Gasteiger partial charge in [-0.25, -0.2) is 0 Å². The van der Waals surface area contributed by atoms with E-state index in [0.717, 1.165) is 12.8 Å². The molecule has 0 saturated carbocycles. The van der Waals surface area contributed by atoms with Gasteiger partial charge in [-0.2, -0.15) is 0 Å².